The average molecular weight is 227 g/mol. The summed E-state index contributed by atoms with van der Waals surface area (Å²) < 4.78 is 10.3. The number of ether oxygens (including phenoxy) is 2. The largest absolute Gasteiger partial charge is 0.478 e. The maximum Gasteiger partial charge on any atom is 0.328 e. The lowest BCUT2D eigenvalue weighted by Gasteiger charge is -2.00. The molecule has 15 heavy (non-hydrogen) atoms. The first-order chi connectivity index (χ1) is 7.16. The maximum absolute atomic E-state index is 10.3. The molecule has 5 heteroatoms. The molecule has 0 bridgehead atoms. The number of benzene rings is 1. The number of hydrogen-bond acceptors (Lipinski definition) is 3. The van der Waals surface area contributed by atoms with Gasteiger partial charge in [-0.3, -0.25) is 0 Å². The molecule has 0 atom stereocenters. The summed E-state index contributed by atoms with van der Waals surface area (Å²) in [7, 11) is 0. The Kier molecular flexibility index (Phi) is 2.51. The van der Waals surface area contributed by atoms with Gasteiger partial charge in [-0.05, 0) is 23.8 Å². The Morgan fingerprint density at radius 3 is 3.00 bits per heavy atom. The summed E-state index contributed by atoms with van der Waals surface area (Å²) >= 11 is 5.90. The highest BCUT2D eigenvalue weighted by atomic mass is 35.5. The van der Waals surface area contributed by atoms with Crippen molar-refractivity contribution in [3.8, 4) is 11.5 Å². The molecule has 78 valence electrons. The summed E-state index contributed by atoms with van der Waals surface area (Å²) in [6.45, 7) is 0.140. The van der Waals surface area contributed by atoms with Crippen molar-refractivity contribution in [1.29, 1.82) is 0 Å². The molecule has 1 aliphatic rings. The fourth-order valence-electron chi connectivity index (χ4n) is 1.25. The van der Waals surface area contributed by atoms with E-state index in [1.807, 2.05) is 0 Å². The number of fused-ring (bicyclic) bond motifs is 1. The number of rotatable bonds is 2. The number of carbonyl (C=O) groups is 1. The maximum atomic E-state index is 10.3. The molecule has 1 aromatic carbocycles. The van der Waals surface area contributed by atoms with Crippen LogP contribution in [0.2, 0.25) is 5.02 Å². The van der Waals surface area contributed by atoms with Gasteiger partial charge in [-0.2, -0.15) is 0 Å². The van der Waals surface area contributed by atoms with Crippen LogP contribution in [0.1, 0.15) is 5.56 Å². The topological polar surface area (TPSA) is 55.8 Å². The molecule has 0 aromatic heterocycles. The monoisotopic (exact) mass is 226 g/mol. The molecular weight excluding hydrogens is 220 g/mol. The molecule has 0 saturated carbocycles. The van der Waals surface area contributed by atoms with E-state index in [9.17, 15) is 4.79 Å². The van der Waals surface area contributed by atoms with Gasteiger partial charge >= 0.3 is 5.97 Å². The third-order valence-corrected chi connectivity index (χ3v) is 2.15. The number of carboxylic acid groups (broad SMARTS) is 1. The first kappa shape index (κ1) is 9.86. The molecule has 1 aliphatic heterocycles. The van der Waals surface area contributed by atoms with Gasteiger partial charge < -0.3 is 14.6 Å². The predicted molar refractivity (Wildman–Crippen MR) is 54.2 cm³/mol. The molecule has 0 aliphatic carbocycles. The Hall–Kier alpha value is -1.68. The van der Waals surface area contributed by atoms with Crippen LogP contribution < -0.4 is 9.47 Å². The van der Waals surface area contributed by atoms with Crippen molar-refractivity contribution in [2.24, 2.45) is 0 Å². The molecule has 0 saturated heterocycles. The van der Waals surface area contributed by atoms with Gasteiger partial charge in [0.15, 0.2) is 11.5 Å². The fourth-order valence-corrected chi connectivity index (χ4v) is 1.52. The van der Waals surface area contributed by atoms with Crippen LogP contribution in [0, 0.1) is 0 Å². The number of halogens is 1. The zero-order chi connectivity index (χ0) is 10.8. The molecule has 1 heterocycles. The van der Waals surface area contributed by atoms with Crippen LogP contribution in [0.15, 0.2) is 18.2 Å². The zero-order valence-electron chi connectivity index (χ0n) is 7.57. The van der Waals surface area contributed by atoms with Gasteiger partial charge in [0.05, 0.1) is 5.02 Å². The molecule has 0 radical (unpaired) electrons. The van der Waals surface area contributed by atoms with Gasteiger partial charge in [0.25, 0.3) is 0 Å². The van der Waals surface area contributed by atoms with Crippen LogP contribution in [0.3, 0.4) is 0 Å². The van der Waals surface area contributed by atoms with Crippen LogP contribution in [0.4, 0.5) is 0 Å². The molecule has 1 aromatic rings. The highest BCUT2D eigenvalue weighted by Crippen LogP contribution is 2.39. The van der Waals surface area contributed by atoms with E-state index in [2.05, 4.69) is 0 Å². The first-order valence-electron chi connectivity index (χ1n) is 4.17. The van der Waals surface area contributed by atoms with Crippen molar-refractivity contribution in [2.75, 3.05) is 6.79 Å². The Morgan fingerprint density at radius 2 is 2.27 bits per heavy atom. The highest BCUT2D eigenvalue weighted by Gasteiger charge is 2.17. The van der Waals surface area contributed by atoms with E-state index in [0.29, 0.717) is 22.1 Å². The van der Waals surface area contributed by atoms with Crippen molar-refractivity contribution in [3.05, 3.63) is 28.8 Å². The fraction of sp³-hybridized carbons (Fsp3) is 0.100. The predicted octanol–water partition coefficient (Wildman–Crippen LogP) is 2.17. The summed E-state index contributed by atoms with van der Waals surface area (Å²) in [5.74, 6) is 0.0282. The second-order valence-electron chi connectivity index (χ2n) is 2.91. The minimum absolute atomic E-state index is 0.140. The molecule has 2 rings (SSSR count). The number of carboxylic acids is 1. The van der Waals surface area contributed by atoms with E-state index in [1.165, 1.54) is 6.08 Å². The summed E-state index contributed by atoms with van der Waals surface area (Å²) in [6, 6.07) is 3.29. The van der Waals surface area contributed by atoms with Crippen molar-refractivity contribution in [3.63, 3.8) is 0 Å². The van der Waals surface area contributed by atoms with Crippen molar-refractivity contribution < 1.29 is 19.4 Å². The van der Waals surface area contributed by atoms with Gasteiger partial charge in [0.1, 0.15) is 0 Å². The Bertz CT molecular complexity index is 439. The first-order valence-corrected chi connectivity index (χ1v) is 4.55. The second kappa shape index (κ2) is 3.82. The average Bonchev–Trinajstić information content (AvgIpc) is 2.63. The van der Waals surface area contributed by atoms with Gasteiger partial charge in [0.2, 0.25) is 6.79 Å². The third kappa shape index (κ3) is 2.05. The Labute approximate surface area is 90.7 Å². The van der Waals surface area contributed by atoms with Gasteiger partial charge in [-0.25, -0.2) is 4.79 Å². The van der Waals surface area contributed by atoms with E-state index in [1.54, 1.807) is 12.1 Å². The molecule has 4 nitrogen and oxygen atoms in total. The number of hydrogen-bond donors (Lipinski definition) is 1. The van der Waals surface area contributed by atoms with E-state index in [-0.39, 0.29) is 6.79 Å². The van der Waals surface area contributed by atoms with E-state index in [0.717, 1.165) is 6.08 Å². The number of aliphatic carboxylic acids is 1. The Morgan fingerprint density at radius 1 is 1.47 bits per heavy atom. The van der Waals surface area contributed by atoms with Crippen LogP contribution in [0.25, 0.3) is 6.08 Å². The van der Waals surface area contributed by atoms with Gasteiger partial charge in [-0.15, -0.1) is 0 Å². The standard InChI is InChI=1S/C10H7ClO4/c11-7-3-6(1-2-9(12)13)4-8-10(7)15-5-14-8/h1-4H,5H2,(H,12,13). The lowest BCUT2D eigenvalue weighted by molar-refractivity contribution is -0.131. The van der Waals surface area contributed by atoms with Gasteiger partial charge in [0, 0.05) is 6.08 Å². The minimum Gasteiger partial charge on any atom is -0.478 e. The van der Waals surface area contributed by atoms with Crippen LogP contribution in [-0.4, -0.2) is 17.9 Å². The lowest BCUT2D eigenvalue weighted by Crippen LogP contribution is -1.93. The van der Waals surface area contributed by atoms with Crippen molar-refractivity contribution in [2.45, 2.75) is 0 Å². The van der Waals surface area contributed by atoms with Crippen LogP contribution >= 0.6 is 11.6 Å². The summed E-state index contributed by atoms with van der Waals surface area (Å²) in [4.78, 5) is 10.3. The molecule has 0 fully saturated rings. The molecular formula is C10H7ClO4. The van der Waals surface area contributed by atoms with Crippen LogP contribution in [0.5, 0.6) is 11.5 Å². The van der Waals surface area contributed by atoms with Crippen LogP contribution in [-0.2, 0) is 4.79 Å². The quantitative estimate of drug-likeness (QED) is 0.786. The smallest absolute Gasteiger partial charge is 0.328 e. The van der Waals surface area contributed by atoms with E-state index < -0.39 is 5.97 Å². The molecule has 0 amide bonds. The SMILES string of the molecule is O=C(O)C=Cc1cc(Cl)c2c(c1)OCO2. The highest BCUT2D eigenvalue weighted by molar-refractivity contribution is 6.32. The van der Waals surface area contributed by atoms with Crippen molar-refractivity contribution >= 4 is 23.6 Å². The zero-order valence-corrected chi connectivity index (χ0v) is 8.32. The molecule has 0 unspecified atom stereocenters. The second-order valence-corrected chi connectivity index (χ2v) is 3.32. The molecule has 0 spiro atoms. The summed E-state index contributed by atoms with van der Waals surface area (Å²) in [5, 5.41) is 8.87. The summed E-state index contributed by atoms with van der Waals surface area (Å²) in [6.07, 6.45) is 2.48. The normalized spacial score (nSPS) is 13.4. The molecule has 1 N–H and O–H groups in total. The minimum atomic E-state index is -1.01. The van der Waals surface area contributed by atoms with Crippen molar-refractivity contribution in [1.82, 2.24) is 0 Å². The van der Waals surface area contributed by atoms with E-state index in [4.69, 9.17) is 26.2 Å². The van der Waals surface area contributed by atoms with Gasteiger partial charge in [-0.1, -0.05) is 11.6 Å². The third-order valence-electron chi connectivity index (χ3n) is 1.87. The lowest BCUT2D eigenvalue weighted by atomic mass is 10.2. The van der Waals surface area contributed by atoms with E-state index >= 15 is 0 Å². The Balaban J connectivity index is 2.35. The summed E-state index contributed by atoms with van der Waals surface area (Å²) in [5.41, 5.74) is 0.659.